The number of hydrogen-bond donors (Lipinski definition) is 1. The molecular formula is C31H28Cl2N2O3. The normalized spacial score (nSPS) is 26.7. The maximum atomic E-state index is 13.8. The van der Waals surface area contributed by atoms with Crippen LogP contribution in [-0.2, 0) is 24.1 Å². The SMILES string of the molecule is Cc1ccc(NC(=O)CCCCCN2C(=O)[C@@H]3[C@H](C2=O)C2(Cl)c4ccccc4C3(Cl)c3ccccc32)cc1. The minimum Gasteiger partial charge on any atom is -0.326 e. The molecule has 4 aliphatic rings. The number of amides is 3. The molecule has 194 valence electrons. The molecular weight excluding hydrogens is 519 g/mol. The number of carbonyl (C=O) groups is 3. The third-order valence-corrected chi connectivity index (χ3v) is 9.58. The predicted molar refractivity (Wildman–Crippen MR) is 148 cm³/mol. The quantitative estimate of drug-likeness (QED) is 0.221. The number of unbranched alkanes of at least 4 members (excludes halogenated alkanes) is 2. The highest BCUT2D eigenvalue weighted by molar-refractivity contribution is 6.36. The Kier molecular flexibility index (Phi) is 6.12. The lowest BCUT2D eigenvalue weighted by Crippen LogP contribution is -2.57. The van der Waals surface area contributed by atoms with Crippen molar-refractivity contribution in [3.8, 4) is 0 Å². The third-order valence-electron chi connectivity index (χ3n) is 8.30. The van der Waals surface area contributed by atoms with E-state index in [4.69, 9.17) is 23.2 Å². The molecule has 7 heteroatoms. The van der Waals surface area contributed by atoms with Gasteiger partial charge in [0.15, 0.2) is 0 Å². The van der Waals surface area contributed by atoms with Gasteiger partial charge in [-0.3, -0.25) is 19.3 Å². The Hall–Kier alpha value is -3.15. The summed E-state index contributed by atoms with van der Waals surface area (Å²) < 4.78 is 0. The van der Waals surface area contributed by atoms with Crippen molar-refractivity contribution in [2.24, 2.45) is 11.8 Å². The fourth-order valence-electron chi connectivity index (χ4n) is 6.54. The van der Waals surface area contributed by atoms with Crippen molar-refractivity contribution < 1.29 is 14.4 Å². The van der Waals surface area contributed by atoms with Gasteiger partial charge in [-0.25, -0.2) is 0 Å². The number of carbonyl (C=O) groups excluding carboxylic acids is 3. The second-order valence-electron chi connectivity index (χ2n) is 10.5. The molecule has 0 aromatic heterocycles. The van der Waals surface area contributed by atoms with Crippen molar-refractivity contribution >= 4 is 46.6 Å². The maximum Gasteiger partial charge on any atom is 0.235 e. The molecule has 0 spiro atoms. The molecule has 0 unspecified atom stereocenters. The van der Waals surface area contributed by atoms with E-state index in [1.54, 1.807) is 0 Å². The van der Waals surface area contributed by atoms with Gasteiger partial charge in [-0.15, -0.1) is 23.2 Å². The van der Waals surface area contributed by atoms with E-state index in [0.29, 0.717) is 25.7 Å². The van der Waals surface area contributed by atoms with Crippen molar-refractivity contribution in [2.75, 3.05) is 11.9 Å². The Labute approximate surface area is 232 Å². The Bertz CT molecular complexity index is 1330. The summed E-state index contributed by atoms with van der Waals surface area (Å²) in [5.41, 5.74) is 5.13. The zero-order chi connectivity index (χ0) is 26.7. The summed E-state index contributed by atoms with van der Waals surface area (Å²) in [6.45, 7) is 2.29. The van der Waals surface area contributed by atoms with E-state index in [2.05, 4.69) is 5.32 Å². The van der Waals surface area contributed by atoms with E-state index in [9.17, 15) is 14.4 Å². The number of likely N-dealkylation sites (tertiary alicyclic amines) is 1. The lowest BCUT2D eigenvalue weighted by atomic mass is 9.54. The van der Waals surface area contributed by atoms with Gasteiger partial charge >= 0.3 is 0 Å². The molecule has 2 bridgehead atoms. The van der Waals surface area contributed by atoms with Crippen LogP contribution >= 0.6 is 23.2 Å². The smallest absolute Gasteiger partial charge is 0.235 e. The van der Waals surface area contributed by atoms with Gasteiger partial charge in [-0.05, 0) is 54.2 Å². The molecule has 0 saturated carbocycles. The van der Waals surface area contributed by atoms with Crippen LogP contribution in [0, 0.1) is 18.8 Å². The molecule has 1 N–H and O–H groups in total. The Morgan fingerprint density at radius 1 is 0.763 bits per heavy atom. The van der Waals surface area contributed by atoms with E-state index >= 15 is 0 Å². The fraction of sp³-hybridized carbons (Fsp3) is 0.323. The van der Waals surface area contributed by atoms with Crippen LogP contribution in [-0.4, -0.2) is 29.2 Å². The molecule has 1 heterocycles. The number of rotatable bonds is 7. The first-order valence-corrected chi connectivity index (χ1v) is 13.8. The minimum absolute atomic E-state index is 0.0477. The van der Waals surface area contributed by atoms with Gasteiger partial charge < -0.3 is 5.32 Å². The second kappa shape index (κ2) is 9.25. The fourth-order valence-corrected chi connectivity index (χ4v) is 7.64. The van der Waals surface area contributed by atoms with Crippen molar-refractivity contribution in [3.63, 3.8) is 0 Å². The molecule has 5 nitrogen and oxygen atoms in total. The van der Waals surface area contributed by atoms with Gasteiger partial charge in [0.25, 0.3) is 0 Å². The van der Waals surface area contributed by atoms with E-state index in [1.807, 2.05) is 79.7 Å². The van der Waals surface area contributed by atoms with E-state index < -0.39 is 21.6 Å². The Balaban J connectivity index is 1.16. The first-order chi connectivity index (χ1) is 18.3. The topological polar surface area (TPSA) is 66.5 Å². The number of anilines is 1. The molecule has 3 aromatic carbocycles. The van der Waals surface area contributed by atoms with Crippen molar-refractivity contribution in [1.82, 2.24) is 4.90 Å². The van der Waals surface area contributed by atoms with Crippen LogP contribution in [0.1, 0.15) is 53.5 Å². The monoisotopic (exact) mass is 546 g/mol. The number of halogens is 2. The number of nitrogens with one attached hydrogen (secondary N) is 1. The molecule has 0 radical (unpaired) electrons. The van der Waals surface area contributed by atoms with Crippen LogP contribution in [0.3, 0.4) is 0 Å². The van der Waals surface area contributed by atoms with Gasteiger partial charge in [0.05, 0.1) is 11.8 Å². The summed E-state index contributed by atoms with van der Waals surface area (Å²) in [7, 11) is 0. The number of aryl methyl sites for hydroxylation is 1. The van der Waals surface area contributed by atoms with Gasteiger partial charge in [-0.2, -0.15) is 0 Å². The summed E-state index contributed by atoms with van der Waals surface area (Å²) in [4.78, 5) is 39.0. The summed E-state index contributed by atoms with van der Waals surface area (Å²) in [6, 6.07) is 23.0. The van der Waals surface area contributed by atoms with Gasteiger partial charge in [-0.1, -0.05) is 72.6 Å². The lowest BCUT2D eigenvalue weighted by Gasteiger charge is -2.54. The first kappa shape index (κ1) is 25.1. The highest BCUT2D eigenvalue weighted by Crippen LogP contribution is 2.69. The average Bonchev–Trinajstić information content (AvgIpc) is 3.19. The predicted octanol–water partition coefficient (Wildman–Crippen LogP) is 6.09. The van der Waals surface area contributed by atoms with Crippen molar-refractivity contribution in [3.05, 3.63) is 101 Å². The Morgan fingerprint density at radius 3 is 1.71 bits per heavy atom. The molecule has 1 saturated heterocycles. The van der Waals surface area contributed by atoms with E-state index in [-0.39, 0.29) is 24.3 Å². The molecule has 38 heavy (non-hydrogen) atoms. The zero-order valence-corrected chi connectivity index (χ0v) is 22.6. The summed E-state index contributed by atoms with van der Waals surface area (Å²) in [5.74, 6) is -2.10. The number of nitrogens with zero attached hydrogens (tertiary/aromatic N) is 1. The van der Waals surface area contributed by atoms with Gasteiger partial charge in [0, 0.05) is 18.7 Å². The van der Waals surface area contributed by atoms with Gasteiger partial charge in [0.1, 0.15) is 9.75 Å². The average molecular weight is 547 g/mol. The standard InChI is InChI=1S/C31H28Cl2N2O3/c1-19-14-16-20(17-15-19)34-25(36)13-3-2-8-18-35-28(37)26-27(29(35)38)31(33)22-10-5-4-9-21(22)30(26,32)23-11-6-7-12-24(23)31/h4-7,9-12,14-17,26-27H,2-3,8,13,18H2,1H3,(H,34,36)/t26-,27+,30?,31?. The second-order valence-corrected chi connectivity index (χ2v) is 11.7. The van der Waals surface area contributed by atoms with E-state index in [1.165, 1.54) is 4.90 Å². The molecule has 3 amide bonds. The molecule has 1 fully saturated rings. The van der Waals surface area contributed by atoms with Crippen LogP contribution in [0.15, 0.2) is 72.8 Å². The molecule has 1 aliphatic heterocycles. The summed E-state index contributed by atoms with van der Waals surface area (Å²) in [5, 5.41) is 2.90. The highest BCUT2D eigenvalue weighted by Gasteiger charge is 2.72. The summed E-state index contributed by atoms with van der Waals surface area (Å²) >= 11 is 14.9. The Morgan fingerprint density at radius 2 is 1.24 bits per heavy atom. The molecule has 3 aromatic rings. The molecule has 2 atom stereocenters. The van der Waals surface area contributed by atoms with Crippen LogP contribution in [0.5, 0.6) is 0 Å². The van der Waals surface area contributed by atoms with Gasteiger partial charge in [0.2, 0.25) is 17.7 Å². The number of imide groups is 1. The van der Waals surface area contributed by atoms with Crippen LogP contribution in [0.2, 0.25) is 0 Å². The maximum absolute atomic E-state index is 13.8. The van der Waals surface area contributed by atoms with E-state index in [0.717, 1.165) is 33.5 Å². The number of benzene rings is 3. The minimum atomic E-state index is -1.15. The van der Waals surface area contributed by atoms with Crippen LogP contribution in [0.25, 0.3) is 0 Å². The number of hydrogen-bond acceptors (Lipinski definition) is 3. The largest absolute Gasteiger partial charge is 0.326 e. The summed E-state index contributed by atoms with van der Waals surface area (Å²) in [6.07, 6.45) is 2.36. The van der Waals surface area contributed by atoms with Crippen LogP contribution < -0.4 is 5.32 Å². The lowest BCUT2D eigenvalue weighted by molar-refractivity contribution is -0.140. The highest BCUT2D eigenvalue weighted by atomic mass is 35.5. The zero-order valence-electron chi connectivity index (χ0n) is 21.0. The molecule has 7 rings (SSSR count). The third kappa shape index (κ3) is 3.55. The number of alkyl halides is 2. The van der Waals surface area contributed by atoms with Crippen molar-refractivity contribution in [1.29, 1.82) is 0 Å². The van der Waals surface area contributed by atoms with Crippen LogP contribution in [0.4, 0.5) is 5.69 Å². The first-order valence-electron chi connectivity index (χ1n) is 13.1. The molecule has 3 aliphatic carbocycles. The van der Waals surface area contributed by atoms with Crippen molar-refractivity contribution in [2.45, 2.75) is 42.4 Å².